The molecule has 174 valence electrons. The van der Waals surface area contributed by atoms with E-state index in [0.717, 1.165) is 22.3 Å². The van der Waals surface area contributed by atoms with Gasteiger partial charge in [-0.05, 0) is 22.3 Å². The van der Waals surface area contributed by atoms with Gasteiger partial charge in [-0.2, -0.15) is 20.5 Å². The summed E-state index contributed by atoms with van der Waals surface area (Å²) in [5.74, 6) is -6.73. The van der Waals surface area contributed by atoms with E-state index in [1.165, 1.54) is 11.8 Å². The number of halogens is 2. The van der Waals surface area contributed by atoms with Crippen LogP contribution in [0.3, 0.4) is 0 Å². The lowest BCUT2D eigenvalue weighted by Crippen LogP contribution is -2.57. The summed E-state index contributed by atoms with van der Waals surface area (Å²) in [6.45, 7) is -1.43. The summed E-state index contributed by atoms with van der Waals surface area (Å²) in [6.07, 6.45) is -1.08. The van der Waals surface area contributed by atoms with E-state index in [0.29, 0.717) is 10.7 Å². The van der Waals surface area contributed by atoms with Gasteiger partial charge >= 0.3 is 18.0 Å². The van der Waals surface area contributed by atoms with Gasteiger partial charge < -0.3 is 20.1 Å². The molecule has 0 saturated carbocycles. The topological polar surface area (TPSA) is 95.9 Å². The molecular formula is C23H22F2N2O5S. The molecule has 1 heterocycles. The zero-order chi connectivity index (χ0) is 23.6. The molecule has 2 amide bonds. The van der Waals surface area contributed by atoms with E-state index in [1.807, 2.05) is 53.8 Å². The Morgan fingerprint density at radius 2 is 1.70 bits per heavy atom. The second kappa shape index (κ2) is 9.38. The number of nitrogens with zero attached hydrogens (tertiary/aromatic N) is 1. The summed E-state index contributed by atoms with van der Waals surface area (Å²) < 4.78 is 34.2. The van der Waals surface area contributed by atoms with Gasteiger partial charge in [0.15, 0.2) is 0 Å². The lowest BCUT2D eigenvalue weighted by Gasteiger charge is -2.34. The molecule has 0 radical (unpaired) electrons. The quantitative estimate of drug-likeness (QED) is 0.665. The zero-order valence-corrected chi connectivity index (χ0v) is 18.3. The van der Waals surface area contributed by atoms with Crippen molar-refractivity contribution in [1.82, 2.24) is 10.2 Å². The van der Waals surface area contributed by atoms with Crippen LogP contribution in [-0.2, 0) is 14.3 Å². The highest BCUT2D eigenvalue weighted by molar-refractivity contribution is 7.99. The predicted octanol–water partition coefficient (Wildman–Crippen LogP) is 3.19. The number of carboxylic acid groups (broad SMARTS) is 1. The standard InChI is InChI=1S/C23H22F2N2O5S/c24-23(25,21(30)27-9-10-33-12-19(27)20(28)29)13-26-22(31)32-11-18-16-7-3-1-5-14(16)15-6-2-4-8-17(15)18/h1-8,18-19H,9-13H2,(H,26,31)(H,28,29). The Morgan fingerprint density at radius 3 is 2.30 bits per heavy atom. The van der Waals surface area contributed by atoms with Crippen LogP contribution in [0.4, 0.5) is 13.6 Å². The number of benzene rings is 2. The number of hydrogen-bond donors (Lipinski definition) is 2. The van der Waals surface area contributed by atoms with Gasteiger partial charge in [-0.15, -0.1) is 0 Å². The Morgan fingerprint density at radius 1 is 1.09 bits per heavy atom. The molecule has 1 atom stereocenters. The number of nitrogens with one attached hydrogen (secondary N) is 1. The van der Waals surface area contributed by atoms with Crippen LogP contribution >= 0.6 is 11.8 Å². The van der Waals surface area contributed by atoms with Crippen molar-refractivity contribution >= 4 is 29.7 Å². The van der Waals surface area contributed by atoms with Crippen LogP contribution in [-0.4, -0.2) is 71.1 Å². The molecule has 10 heteroatoms. The molecule has 7 nitrogen and oxygen atoms in total. The third-order valence-corrected chi connectivity index (χ3v) is 6.81. The van der Waals surface area contributed by atoms with Crippen LogP contribution in [0.1, 0.15) is 17.0 Å². The van der Waals surface area contributed by atoms with Crippen molar-refractivity contribution < 1.29 is 33.0 Å². The van der Waals surface area contributed by atoms with Crippen LogP contribution < -0.4 is 5.32 Å². The highest BCUT2D eigenvalue weighted by Gasteiger charge is 2.46. The number of fused-ring (bicyclic) bond motifs is 3. The number of aliphatic carboxylic acids is 1. The average Bonchev–Trinajstić information content (AvgIpc) is 3.14. The third kappa shape index (κ3) is 4.66. The van der Waals surface area contributed by atoms with Crippen LogP contribution in [0, 0.1) is 0 Å². The van der Waals surface area contributed by atoms with E-state index in [-0.39, 0.29) is 24.8 Å². The molecule has 33 heavy (non-hydrogen) atoms. The first-order valence-corrected chi connectivity index (χ1v) is 11.5. The summed E-state index contributed by atoms with van der Waals surface area (Å²) in [6, 6.07) is 14.1. The van der Waals surface area contributed by atoms with Gasteiger partial charge in [-0.25, -0.2) is 9.59 Å². The van der Waals surface area contributed by atoms with E-state index < -0.39 is 36.5 Å². The number of carbonyl (C=O) groups excluding carboxylic acids is 2. The Kier molecular flexibility index (Phi) is 6.55. The van der Waals surface area contributed by atoms with Crippen molar-refractivity contribution in [2.75, 3.05) is 31.2 Å². The minimum absolute atomic E-state index is 0.0387. The lowest BCUT2D eigenvalue weighted by molar-refractivity contribution is -0.164. The number of carboxylic acids is 1. The summed E-state index contributed by atoms with van der Waals surface area (Å²) in [5.41, 5.74) is 4.03. The molecule has 4 rings (SSSR count). The first kappa shape index (κ1) is 23.0. The number of rotatable bonds is 6. The number of hydrogen-bond acceptors (Lipinski definition) is 5. The molecule has 1 fully saturated rings. The van der Waals surface area contributed by atoms with Gasteiger partial charge in [-0.1, -0.05) is 48.5 Å². The number of amides is 2. The normalized spacial score (nSPS) is 17.8. The van der Waals surface area contributed by atoms with Crippen LogP contribution in [0.2, 0.25) is 0 Å². The van der Waals surface area contributed by atoms with Crippen molar-refractivity contribution in [3.05, 3.63) is 59.7 Å². The average molecular weight is 477 g/mol. The maximum Gasteiger partial charge on any atom is 0.407 e. The molecule has 1 saturated heterocycles. The number of thioether (sulfide) groups is 1. The van der Waals surface area contributed by atoms with Crippen molar-refractivity contribution in [2.24, 2.45) is 0 Å². The Labute approximate surface area is 193 Å². The summed E-state index contributed by atoms with van der Waals surface area (Å²) in [5, 5.41) is 11.2. The van der Waals surface area contributed by atoms with E-state index in [4.69, 9.17) is 4.74 Å². The maximum atomic E-state index is 14.5. The van der Waals surface area contributed by atoms with Crippen molar-refractivity contribution in [1.29, 1.82) is 0 Å². The molecule has 1 unspecified atom stereocenters. The number of alkyl carbamates (subject to hydrolysis) is 1. The molecule has 0 spiro atoms. The predicted molar refractivity (Wildman–Crippen MR) is 118 cm³/mol. The fourth-order valence-corrected chi connectivity index (χ4v) is 5.21. The molecule has 0 aromatic heterocycles. The van der Waals surface area contributed by atoms with Crippen LogP contribution in [0.15, 0.2) is 48.5 Å². The molecule has 2 aliphatic rings. The smallest absolute Gasteiger partial charge is 0.407 e. The maximum absolute atomic E-state index is 14.5. The minimum Gasteiger partial charge on any atom is -0.480 e. The second-order valence-corrected chi connectivity index (χ2v) is 8.96. The second-order valence-electron chi connectivity index (χ2n) is 7.81. The summed E-state index contributed by atoms with van der Waals surface area (Å²) in [7, 11) is 0. The largest absolute Gasteiger partial charge is 0.480 e. The number of carbonyl (C=O) groups is 3. The minimum atomic E-state index is -3.96. The van der Waals surface area contributed by atoms with Crippen molar-refractivity contribution in [3.63, 3.8) is 0 Å². The monoisotopic (exact) mass is 476 g/mol. The highest BCUT2D eigenvalue weighted by Crippen LogP contribution is 2.44. The summed E-state index contributed by atoms with van der Waals surface area (Å²) in [4.78, 5) is 36.4. The fraction of sp³-hybridized carbons (Fsp3) is 0.348. The molecular weight excluding hydrogens is 454 g/mol. The SMILES string of the molecule is O=C(NCC(F)(F)C(=O)N1CCSCC1C(=O)O)OCC1c2ccccc2-c2ccccc21. The van der Waals surface area contributed by atoms with E-state index in [1.54, 1.807) is 0 Å². The molecule has 1 aliphatic carbocycles. The first-order chi connectivity index (χ1) is 15.8. The van der Waals surface area contributed by atoms with Gasteiger partial charge in [0.2, 0.25) is 0 Å². The van der Waals surface area contributed by atoms with Gasteiger partial charge in [0.05, 0.1) is 6.54 Å². The van der Waals surface area contributed by atoms with Crippen LogP contribution in [0.5, 0.6) is 0 Å². The molecule has 2 aromatic rings. The van der Waals surface area contributed by atoms with Gasteiger partial charge in [0.1, 0.15) is 12.6 Å². The van der Waals surface area contributed by atoms with E-state index in [9.17, 15) is 28.3 Å². The molecule has 2 aromatic carbocycles. The fourth-order valence-electron chi connectivity index (χ4n) is 4.17. The van der Waals surface area contributed by atoms with Gasteiger partial charge in [-0.3, -0.25) is 4.79 Å². The summed E-state index contributed by atoms with van der Waals surface area (Å²) >= 11 is 1.28. The zero-order valence-electron chi connectivity index (χ0n) is 17.5. The Hall–Kier alpha value is -3.14. The van der Waals surface area contributed by atoms with Crippen LogP contribution in [0.25, 0.3) is 11.1 Å². The Balaban J connectivity index is 1.36. The number of alkyl halides is 2. The van der Waals surface area contributed by atoms with E-state index in [2.05, 4.69) is 0 Å². The van der Waals surface area contributed by atoms with E-state index >= 15 is 0 Å². The highest BCUT2D eigenvalue weighted by atomic mass is 32.2. The van der Waals surface area contributed by atoms with Gasteiger partial charge in [0.25, 0.3) is 5.91 Å². The molecule has 0 bridgehead atoms. The van der Waals surface area contributed by atoms with Gasteiger partial charge in [0, 0.05) is 24.0 Å². The number of ether oxygens (including phenoxy) is 1. The lowest BCUT2D eigenvalue weighted by atomic mass is 9.98. The van der Waals surface area contributed by atoms with Crippen molar-refractivity contribution in [3.8, 4) is 11.1 Å². The van der Waals surface area contributed by atoms with Crippen molar-refractivity contribution in [2.45, 2.75) is 17.9 Å². The third-order valence-electron chi connectivity index (χ3n) is 5.79. The first-order valence-electron chi connectivity index (χ1n) is 10.4. The molecule has 2 N–H and O–H groups in total. The molecule has 1 aliphatic heterocycles. The Bertz CT molecular complexity index is 1030.